The zero-order valence-corrected chi connectivity index (χ0v) is 15.6. The Balaban J connectivity index is 2.06. The molecule has 2 nitrogen and oxygen atoms in total. The van der Waals surface area contributed by atoms with E-state index in [9.17, 15) is 18.0 Å². The van der Waals surface area contributed by atoms with Gasteiger partial charge >= 0.3 is 6.18 Å². The van der Waals surface area contributed by atoms with Crippen LogP contribution in [-0.4, -0.2) is 16.9 Å². The quantitative estimate of drug-likeness (QED) is 0.427. The van der Waals surface area contributed by atoms with Crippen LogP contribution in [0.5, 0.6) is 0 Å². The highest BCUT2D eigenvalue weighted by molar-refractivity contribution is 6.02. The van der Waals surface area contributed by atoms with E-state index >= 15 is 0 Å². The van der Waals surface area contributed by atoms with Crippen molar-refractivity contribution >= 4 is 16.7 Å². The van der Waals surface area contributed by atoms with E-state index in [1.165, 1.54) is 0 Å². The number of H-pyrrole nitrogens is 1. The summed E-state index contributed by atoms with van der Waals surface area (Å²) >= 11 is 0. The van der Waals surface area contributed by atoms with Crippen molar-refractivity contribution in [3.05, 3.63) is 95.6 Å². The maximum Gasteiger partial charge on any atom is 0.450 e. The van der Waals surface area contributed by atoms with Gasteiger partial charge in [0.2, 0.25) is 5.78 Å². The molecule has 0 spiro atoms. The number of aryl methyl sites for hydroxylation is 1. The molecule has 4 aromatic rings. The largest absolute Gasteiger partial charge is 0.450 e. The van der Waals surface area contributed by atoms with Crippen molar-refractivity contribution in [2.75, 3.05) is 0 Å². The molecule has 146 valence electrons. The molecule has 0 unspecified atom stereocenters. The number of halogens is 3. The number of aromatic amines is 1. The van der Waals surface area contributed by atoms with Crippen molar-refractivity contribution < 1.29 is 18.0 Å². The number of fused-ring (bicyclic) bond motifs is 1. The molecule has 1 atom stereocenters. The summed E-state index contributed by atoms with van der Waals surface area (Å²) in [5.74, 6) is -3.23. The van der Waals surface area contributed by atoms with Crippen molar-refractivity contribution in [3.63, 3.8) is 0 Å². The highest BCUT2D eigenvalue weighted by atomic mass is 19.4. The number of carbonyl (C=O) groups is 1. The lowest BCUT2D eigenvalue weighted by atomic mass is 9.84. The molecule has 0 aliphatic heterocycles. The van der Waals surface area contributed by atoms with Crippen molar-refractivity contribution in [2.24, 2.45) is 0 Å². The molecule has 4 rings (SSSR count). The van der Waals surface area contributed by atoms with Crippen LogP contribution in [0.1, 0.15) is 22.6 Å². The highest BCUT2D eigenvalue weighted by Crippen LogP contribution is 2.42. The predicted octanol–water partition coefficient (Wildman–Crippen LogP) is 6.41. The molecule has 0 radical (unpaired) electrons. The fourth-order valence-corrected chi connectivity index (χ4v) is 3.72. The van der Waals surface area contributed by atoms with E-state index in [1.54, 1.807) is 36.4 Å². The minimum Gasteiger partial charge on any atom is -0.354 e. The van der Waals surface area contributed by atoms with Gasteiger partial charge in [0.25, 0.3) is 0 Å². The second-order valence-corrected chi connectivity index (χ2v) is 7.03. The lowest BCUT2D eigenvalue weighted by Gasteiger charge is -2.20. The summed E-state index contributed by atoms with van der Waals surface area (Å²) in [7, 11) is 0. The van der Waals surface area contributed by atoms with Crippen LogP contribution in [0.3, 0.4) is 0 Å². The van der Waals surface area contributed by atoms with Gasteiger partial charge in [-0.3, -0.25) is 4.79 Å². The SMILES string of the molecule is Cc1ccc2c([C@H](C(=O)C(F)(F)F)c3ccccc3)c(-c3ccccc3)[nH]c2c1. The van der Waals surface area contributed by atoms with Crippen LogP contribution in [0.25, 0.3) is 22.2 Å². The monoisotopic (exact) mass is 393 g/mol. The average Bonchev–Trinajstić information content (AvgIpc) is 3.07. The molecule has 0 saturated heterocycles. The van der Waals surface area contributed by atoms with E-state index in [1.807, 2.05) is 49.4 Å². The molecule has 29 heavy (non-hydrogen) atoms. The fraction of sp³-hybridized carbons (Fsp3) is 0.125. The number of benzene rings is 3. The van der Waals surface area contributed by atoms with Crippen LogP contribution in [0.15, 0.2) is 78.9 Å². The topological polar surface area (TPSA) is 32.9 Å². The third-order valence-corrected chi connectivity index (χ3v) is 5.02. The van der Waals surface area contributed by atoms with Crippen LogP contribution < -0.4 is 0 Å². The van der Waals surface area contributed by atoms with Gasteiger partial charge in [-0.2, -0.15) is 13.2 Å². The standard InChI is InChI=1S/C24H18F3NO/c1-15-12-13-18-19(14-15)28-22(17-10-6-3-7-11-17)21(18)20(23(29)24(25,26)27)16-8-4-2-5-9-16/h2-14,20,28H,1H3/t20-/m1/s1. The lowest BCUT2D eigenvalue weighted by molar-refractivity contribution is -0.171. The predicted molar refractivity (Wildman–Crippen MR) is 108 cm³/mol. The Hall–Kier alpha value is -3.34. The van der Waals surface area contributed by atoms with Gasteiger partial charge < -0.3 is 4.98 Å². The summed E-state index contributed by atoms with van der Waals surface area (Å²) in [6.07, 6.45) is -4.96. The number of aromatic nitrogens is 1. The highest BCUT2D eigenvalue weighted by Gasteiger charge is 2.46. The Bertz CT molecular complexity index is 1160. The van der Waals surface area contributed by atoms with Crippen molar-refractivity contribution in [1.29, 1.82) is 0 Å². The maximum atomic E-state index is 13.6. The number of alkyl halides is 3. The molecule has 0 fully saturated rings. The number of ketones is 1. The van der Waals surface area contributed by atoms with Crippen LogP contribution in [-0.2, 0) is 4.79 Å². The summed E-state index contributed by atoms with van der Waals surface area (Å²) < 4.78 is 40.8. The normalized spacial score (nSPS) is 12.8. The van der Waals surface area contributed by atoms with Crippen molar-refractivity contribution in [1.82, 2.24) is 4.98 Å². The van der Waals surface area contributed by atoms with Gasteiger partial charge in [-0.15, -0.1) is 0 Å². The van der Waals surface area contributed by atoms with E-state index < -0.39 is 17.9 Å². The van der Waals surface area contributed by atoms with E-state index in [2.05, 4.69) is 4.98 Å². The van der Waals surface area contributed by atoms with Gasteiger partial charge in [-0.25, -0.2) is 0 Å². The molecule has 0 aliphatic carbocycles. The Labute approximate surface area is 166 Å². The Morgan fingerprint density at radius 3 is 2.14 bits per heavy atom. The molecule has 1 aromatic heterocycles. The summed E-state index contributed by atoms with van der Waals surface area (Å²) in [6.45, 7) is 1.91. The molecule has 1 N–H and O–H groups in total. The average molecular weight is 393 g/mol. The van der Waals surface area contributed by atoms with Crippen molar-refractivity contribution in [3.8, 4) is 11.3 Å². The fourth-order valence-electron chi connectivity index (χ4n) is 3.72. The number of rotatable bonds is 4. The lowest BCUT2D eigenvalue weighted by Crippen LogP contribution is -2.30. The first-order chi connectivity index (χ1) is 13.9. The zero-order valence-electron chi connectivity index (χ0n) is 15.6. The van der Waals surface area contributed by atoms with Crippen molar-refractivity contribution in [2.45, 2.75) is 19.0 Å². The first-order valence-corrected chi connectivity index (χ1v) is 9.20. The number of carbonyl (C=O) groups excluding carboxylic acids is 1. The molecule has 0 saturated carbocycles. The van der Waals surface area contributed by atoms with Crippen LogP contribution in [0.2, 0.25) is 0 Å². The van der Waals surface area contributed by atoms with Gasteiger partial charge in [0.05, 0.1) is 11.6 Å². The summed E-state index contributed by atoms with van der Waals surface area (Å²) in [5.41, 5.74) is 3.59. The zero-order chi connectivity index (χ0) is 20.6. The second-order valence-electron chi connectivity index (χ2n) is 7.03. The molecule has 0 aliphatic rings. The Morgan fingerprint density at radius 1 is 0.897 bits per heavy atom. The third-order valence-electron chi connectivity index (χ3n) is 5.02. The van der Waals surface area contributed by atoms with Crippen LogP contribution in [0.4, 0.5) is 13.2 Å². The van der Waals surface area contributed by atoms with Gasteiger partial charge in [0.1, 0.15) is 0 Å². The van der Waals surface area contributed by atoms with E-state index in [-0.39, 0.29) is 0 Å². The second kappa shape index (κ2) is 7.24. The van der Waals surface area contributed by atoms with Gasteiger partial charge in [0, 0.05) is 16.5 Å². The first kappa shape index (κ1) is 19.0. The van der Waals surface area contributed by atoms with E-state index in [0.29, 0.717) is 27.7 Å². The number of hydrogen-bond donors (Lipinski definition) is 1. The van der Waals surface area contributed by atoms with Gasteiger partial charge in [-0.1, -0.05) is 72.8 Å². The number of nitrogens with one attached hydrogen (secondary N) is 1. The smallest absolute Gasteiger partial charge is 0.354 e. The molecule has 1 heterocycles. The van der Waals surface area contributed by atoms with Crippen LogP contribution >= 0.6 is 0 Å². The molecular formula is C24H18F3NO. The summed E-state index contributed by atoms with van der Waals surface area (Å²) in [5, 5.41) is 0.612. The van der Waals surface area contributed by atoms with Gasteiger partial charge in [0.15, 0.2) is 0 Å². The minimum atomic E-state index is -4.96. The molecule has 0 amide bonds. The summed E-state index contributed by atoms with van der Waals surface area (Å²) in [6, 6.07) is 22.8. The van der Waals surface area contributed by atoms with E-state index in [0.717, 1.165) is 11.1 Å². The maximum absolute atomic E-state index is 13.6. The third kappa shape index (κ3) is 3.56. The molecular weight excluding hydrogens is 375 g/mol. The van der Waals surface area contributed by atoms with Crippen LogP contribution in [0, 0.1) is 6.92 Å². The first-order valence-electron chi connectivity index (χ1n) is 9.20. The molecule has 0 bridgehead atoms. The number of hydrogen-bond acceptors (Lipinski definition) is 1. The van der Waals surface area contributed by atoms with Gasteiger partial charge in [-0.05, 0) is 29.7 Å². The summed E-state index contributed by atoms with van der Waals surface area (Å²) in [4.78, 5) is 15.9. The Morgan fingerprint density at radius 2 is 1.52 bits per heavy atom. The van der Waals surface area contributed by atoms with E-state index in [4.69, 9.17) is 0 Å². The number of Topliss-reactive ketones (excluding diaryl/α,β-unsaturated/α-hetero) is 1. The minimum absolute atomic E-state index is 0.313. The molecule has 3 aromatic carbocycles. The molecule has 5 heteroatoms. The Kier molecular flexibility index (Phi) is 4.74.